The first-order valence-electron chi connectivity index (χ1n) is 7.20. The minimum atomic E-state index is -3.71. The van der Waals surface area contributed by atoms with Crippen LogP contribution in [0.15, 0.2) is 16.3 Å². The molecule has 1 amide bonds. The largest absolute Gasteiger partial charge is 0.351 e. The molecule has 1 fully saturated rings. The maximum atomic E-state index is 12.5. The van der Waals surface area contributed by atoms with Gasteiger partial charge in [0.2, 0.25) is 5.91 Å². The van der Waals surface area contributed by atoms with E-state index in [1.807, 2.05) is 6.92 Å². The van der Waals surface area contributed by atoms with E-state index in [1.54, 1.807) is 13.0 Å². The Morgan fingerprint density at radius 2 is 2.13 bits per heavy atom. The molecule has 0 aromatic carbocycles. The zero-order chi connectivity index (χ0) is 17.3. The molecule has 2 heterocycles. The molecule has 0 radical (unpaired) electrons. The molecule has 0 spiro atoms. The summed E-state index contributed by atoms with van der Waals surface area (Å²) in [5.41, 5.74) is 0. The first kappa shape index (κ1) is 18.4. The van der Waals surface area contributed by atoms with Gasteiger partial charge in [-0.2, -0.15) is 4.31 Å². The van der Waals surface area contributed by atoms with Crippen LogP contribution in [0.25, 0.3) is 0 Å². The van der Waals surface area contributed by atoms with Gasteiger partial charge in [0.25, 0.3) is 10.0 Å². The second-order valence-electron chi connectivity index (χ2n) is 5.46. The Bertz CT molecular complexity index is 782. The Hall–Kier alpha value is -0.970. The summed E-state index contributed by atoms with van der Waals surface area (Å²) >= 11 is 1.16. The van der Waals surface area contributed by atoms with Crippen molar-refractivity contribution >= 4 is 37.1 Å². The molecule has 0 unspecified atom stereocenters. The molecule has 10 heteroatoms. The third-order valence-corrected chi connectivity index (χ3v) is 8.74. The number of aryl methyl sites for hydroxylation is 1. The molecule has 1 aliphatic heterocycles. The lowest BCUT2D eigenvalue weighted by atomic mass is 10.2. The number of carbonyl (C=O) groups excluding carboxylic acids is 1. The zero-order valence-electron chi connectivity index (χ0n) is 13.0. The van der Waals surface area contributed by atoms with Gasteiger partial charge in [0.1, 0.15) is 4.21 Å². The van der Waals surface area contributed by atoms with E-state index in [0.29, 0.717) is 6.42 Å². The Labute approximate surface area is 140 Å². The van der Waals surface area contributed by atoms with Crippen molar-refractivity contribution in [2.75, 3.05) is 24.6 Å². The predicted molar refractivity (Wildman–Crippen MR) is 88.7 cm³/mol. The zero-order valence-corrected chi connectivity index (χ0v) is 15.4. The van der Waals surface area contributed by atoms with E-state index in [2.05, 4.69) is 5.32 Å². The lowest BCUT2D eigenvalue weighted by Gasteiger charge is -2.20. The number of nitrogens with zero attached hydrogens (tertiary/aromatic N) is 1. The minimum absolute atomic E-state index is 0.0577. The number of nitrogens with one attached hydrogen (secondary N) is 1. The molecule has 0 aliphatic carbocycles. The number of amides is 1. The van der Waals surface area contributed by atoms with Crippen LogP contribution in [0.4, 0.5) is 0 Å². The standard InChI is InChI=1S/C13H20N2O5S3/c1-3-15(23(19,20)13-5-4-10(2)21-13)8-12(16)14-11-6-7-22(17,18)9-11/h4-5,11H,3,6-9H2,1-2H3,(H,14,16)/t11-/m0/s1. The average molecular weight is 381 g/mol. The molecule has 130 valence electrons. The van der Waals surface area contributed by atoms with Gasteiger partial charge in [0.15, 0.2) is 9.84 Å². The van der Waals surface area contributed by atoms with E-state index in [0.717, 1.165) is 20.5 Å². The molecule has 1 atom stereocenters. The number of likely N-dealkylation sites (N-methyl/N-ethyl adjacent to an activating group) is 1. The summed E-state index contributed by atoms with van der Waals surface area (Å²) in [6.45, 7) is 3.32. The summed E-state index contributed by atoms with van der Waals surface area (Å²) < 4.78 is 49.1. The van der Waals surface area contributed by atoms with Crippen molar-refractivity contribution < 1.29 is 21.6 Å². The third kappa shape index (κ3) is 4.52. The first-order valence-corrected chi connectivity index (χ1v) is 11.3. The fourth-order valence-electron chi connectivity index (χ4n) is 2.39. The minimum Gasteiger partial charge on any atom is -0.351 e. The van der Waals surface area contributed by atoms with Gasteiger partial charge in [0, 0.05) is 17.5 Å². The van der Waals surface area contributed by atoms with Gasteiger partial charge in [-0.15, -0.1) is 11.3 Å². The van der Waals surface area contributed by atoms with Crippen molar-refractivity contribution in [3.8, 4) is 0 Å². The third-order valence-electron chi connectivity index (χ3n) is 3.58. The molecule has 0 saturated carbocycles. The van der Waals surface area contributed by atoms with E-state index >= 15 is 0 Å². The molecule has 1 N–H and O–H groups in total. The summed E-state index contributed by atoms with van der Waals surface area (Å²) in [7, 11) is -6.80. The number of rotatable bonds is 6. The number of sulfonamides is 1. The second kappa shape index (κ2) is 6.88. The van der Waals surface area contributed by atoms with E-state index in [4.69, 9.17) is 0 Å². The van der Waals surface area contributed by atoms with Crippen LogP contribution in [0.5, 0.6) is 0 Å². The van der Waals surface area contributed by atoms with Crippen LogP contribution >= 0.6 is 11.3 Å². The highest BCUT2D eigenvalue weighted by Crippen LogP contribution is 2.24. The lowest BCUT2D eigenvalue weighted by Crippen LogP contribution is -2.44. The van der Waals surface area contributed by atoms with Crippen molar-refractivity contribution in [3.63, 3.8) is 0 Å². The Morgan fingerprint density at radius 1 is 1.43 bits per heavy atom. The summed E-state index contributed by atoms with van der Waals surface area (Å²) in [5.74, 6) is -0.505. The maximum Gasteiger partial charge on any atom is 0.253 e. The van der Waals surface area contributed by atoms with Gasteiger partial charge in [-0.05, 0) is 25.5 Å². The van der Waals surface area contributed by atoms with Crippen molar-refractivity contribution in [2.45, 2.75) is 30.5 Å². The van der Waals surface area contributed by atoms with Crippen molar-refractivity contribution in [2.24, 2.45) is 0 Å². The van der Waals surface area contributed by atoms with Crippen LogP contribution in [0.3, 0.4) is 0 Å². The smallest absolute Gasteiger partial charge is 0.253 e. The van der Waals surface area contributed by atoms with Gasteiger partial charge in [-0.1, -0.05) is 6.92 Å². The first-order chi connectivity index (χ1) is 10.6. The number of thiophene rings is 1. The maximum absolute atomic E-state index is 12.5. The molecular formula is C13H20N2O5S3. The average Bonchev–Trinajstić information content (AvgIpc) is 3.02. The summed E-state index contributed by atoms with van der Waals surface area (Å²) in [6, 6.07) is 2.81. The second-order valence-corrected chi connectivity index (χ2v) is 11.1. The van der Waals surface area contributed by atoms with Crippen LogP contribution in [-0.4, -0.2) is 57.7 Å². The van der Waals surface area contributed by atoms with Crippen LogP contribution in [0, 0.1) is 6.92 Å². The Kier molecular flexibility index (Phi) is 5.49. The predicted octanol–water partition coefficient (Wildman–Crippen LogP) is 0.370. The fraction of sp³-hybridized carbons (Fsp3) is 0.615. The highest BCUT2D eigenvalue weighted by Gasteiger charge is 2.31. The van der Waals surface area contributed by atoms with Gasteiger partial charge in [-0.25, -0.2) is 16.8 Å². The van der Waals surface area contributed by atoms with Gasteiger partial charge in [-0.3, -0.25) is 4.79 Å². The van der Waals surface area contributed by atoms with Crippen molar-refractivity contribution in [3.05, 3.63) is 17.0 Å². The fourth-order valence-corrected chi connectivity index (χ4v) is 6.90. The van der Waals surface area contributed by atoms with E-state index in [1.165, 1.54) is 6.07 Å². The summed E-state index contributed by atoms with van der Waals surface area (Å²) in [6.07, 6.45) is 0.372. The molecule has 1 saturated heterocycles. The number of hydrogen-bond donors (Lipinski definition) is 1. The SMILES string of the molecule is CCN(CC(=O)N[C@H]1CCS(=O)(=O)C1)S(=O)(=O)c1ccc(C)s1. The monoisotopic (exact) mass is 380 g/mol. The van der Waals surface area contributed by atoms with E-state index < -0.39 is 31.8 Å². The quantitative estimate of drug-likeness (QED) is 0.768. The molecule has 1 aromatic heterocycles. The molecule has 2 rings (SSSR count). The Morgan fingerprint density at radius 3 is 2.61 bits per heavy atom. The highest BCUT2D eigenvalue weighted by atomic mass is 32.2. The summed E-state index contributed by atoms with van der Waals surface area (Å²) in [4.78, 5) is 12.9. The van der Waals surface area contributed by atoms with Gasteiger partial charge < -0.3 is 5.32 Å². The highest BCUT2D eigenvalue weighted by molar-refractivity contribution is 7.91. The number of hydrogen-bond acceptors (Lipinski definition) is 6. The Balaban J connectivity index is 2.03. The topological polar surface area (TPSA) is 101 Å². The van der Waals surface area contributed by atoms with Crippen LogP contribution < -0.4 is 5.32 Å². The van der Waals surface area contributed by atoms with E-state index in [9.17, 15) is 21.6 Å². The molecule has 1 aromatic rings. The normalized spacial score (nSPS) is 20.7. The van der Waals surface area contributed by atoms with Gasteiger partial charge >= 0.3 is 0 Å². The molecular weight excluding hydrogens is 360 g/mol. The lowest BCUT2D eigenvalue weighted by molar-refractivity contribution is -0.121. The van der Waals surface area contributed by atoms with Crippen molar-refractivity contribution in [1.82, 2.24) is 9.62 Å². The van der Waals surface area contributed by atoms with Crippen molar-refractivity contribution in [1.29, 1.82) is 0 Å². The number of sulfone groups is 1. The number of carbonyl (C=O) groups is 1. The summed E-state index contributed by atoms with van der Waals surface area (Å²) in [5, 5.41) is 2.61. The van der Waals surface area contributed by atoms with Crippen LogP contribution in [0.1, 0.15) is 18.2 Å². The van der Waals surface area contributed by atoms with Crippen LogP contribution in [0.2, 0.25) is 0 Å². The molecule has 23 heavy (non-hydrogen) atoms. The van der Waals surface area contributed by atoms with Crippen LogP contribution in [-0.2, 0) is 24.7 Å². The van der Waals surface area contributed by atoms with E-state index in [-0.39, 0.29) is 28.8 Å². The molecule has 1 aliphatic rings. The molecule has 0 bridgehead atoms. The van der Waals surface area contributed by atoms with Gasteiger partial charge in [0.05, 0.1) is 18.1 Å². The molecule has 7 nitrogen and oxygen atoms in total.